The molecule has 0 saturated carbocycles. The average Bonchev–Trinajstić information content (AvgIpc) is 2.82. The molecule has 1 N–H and O–H groups in total. The number of aromatic nitrogens is 1. The summed E-state index contributed by atoms with van der Waals surface area (Å²) in [5.41, 5.74) is 2.10. The van der Waals surface area contributed by atoms with Crippen LogP contribution in [0.5, 0.6) is 0 Å². The molecule has 0 spiro atoms. The first-order valence-corrected chi connectivity index (χ1v) is 7.31. The van der Waals surface area contributed by atoms with Gasteiger partial charge >= 0.3 is 0 Å². The van der Waals surface area contributed by atoms with Crippen molar-refractivity contribution in [3.05, 3.63) is 57.3 Å². The van der Waals surface area contributed by atoms with Crippen molar-refractivity contribution in [3.8, 4) is 0 Å². The second-order valence-electron chi connectivity index (χ2n) is 3.93. The van der Waals surface area contributed by atoms with Crippen LogP contribution in [0.4, 0.5) is 5.69 Å². The van der Waals surface area contributed by atoms with Gasteiger partial charge in [0.25, 0.3) is 0 Å². The Labute approximate surface area is 118 Å². The van der Waals surface area contributed by atoms with E-state index in [4.69, 9.17) is 0 Å². The Kier molecular flexibility index (Phi) is 3.30. The number of thiophene rings is 1. The molecule has 3 aromatic rings. The summed E-state index contributed by atoms with van der Waals surface area (Å²) in [5.74, 6) is 0. The zero-order valence-corrected chi connectivity index (χ0v) is 12.0. The Morgan fingerprint density at radius 2 is 2.06 bits per heavy atom. The monoisotopic (exact) mass is 318 g/mol. The van der Waals surface area contributed by atoms with Gasteiger partial charge in [0.2, 0.25) is 0 Å². The predicted octanol–water partition coefficient (Wildman–Crippen LogP) is 4.67. The summed E-state index contributed by atoms with van der Waals surface area (Å²) in [6.45, 7) is 0.813. The van der Waals surface area contributed by atoms with Gasteiger partial charge in [0.05, 0.1) is 17.7 Å². The maximum Gasteiger partial charge on any atom is 0.0933 e. The van der Waals surface area contributed by atoms with E-state index in [-0.39, 0.29) is 0 Å². The SMILES string of the molecule is Brc1ccsc1CNc1cccc2cccnc12. The third-order valence-corrected chi connectivity index (χ3v) is 4.69. The van der Waals surface area contributed by atoms with Crippen LogP contribution in [0, 0.1) is 0 Å². The highest BCUT2D eigenvalue weighted by Gasteiger charge is 2.04. The molecular formula is C14H11BrN2S. The molecule has 3 rings (SSSR count). The highest BCUT2D eigenvalue weighted by molar-refractivity contribution is 9.10. The maximum absolute atomic E-state index is 4.43. The van der Waals surface area contributed by atoms with Gasteiger partial charge in [-0.3, -0.25) is 4.98 Å². The van der Waals surface area contributed by atoms with E-state index in [1.807, 2.05) is 12.3 Å². The Morgan fingerprint density at radius 1 is 1.17 bits per heavy atom. The number of fused-ring (bicyclic) bond motifs is 1. The normalized spacial score (nSPS) is 10.7. The maximum atomic E-state index is 4.43. The van der Waals surface area contributed by atoms with Crippen molar-refractivity contribution < 1.29 is 0 Å². The second kappa shape index (κ2) is 5.08. The molecule has 2 nitrogen and oxygen atoms in total. The molecule has 0 aliphatic carbocycles. The standard InChI is InChI=1S/C14H11BrN2S/c15-11-6-8-18-13(11)9-17-12-5-1-3-10-4-2-7-16-14(10)12/h1-8,17H,9H2. The second-order valence-corrected chi connectivity index (χ2v) is 5.78. The Bertz CT molecular complexity index is 673. The van der Waals surface area contributed by atoms with Gasteiger partial charge in [-0.1, -0.05) is 18.2 Å². The van der Waals surface area contributed by atoms with Crippen LogP contribution in [0.2, 0.25) is 0 Å². The number of nitrogens with zero attached hydrogens (tertiary/aromatic N) is 1. The van der Waals surface area contributed by atoms with Crippen LogP contribution in [0.25, 0.3) is 10.9 Å². The summed E-state index contributed by atoms with van der Waals surface area (Å²) in [4.78, 5) is 5.73. The average molecular weight is 319 g/mol. The van der Waals surface area contributed by atoms with Gasteiger partial charge in [-0.2, -0.15) is 0 Å². The van der Waals surface area contributed by atoms with Crippen molar-refractivity contribution >= 4 is 43.9 Å². The number of halogens is 1. The molecule has 18 heavy (non-hydrogen) atoms. The van der Waals surface area contributed by atoms with E-state index in [1.165, 1.54) is 4.88 Å². The number of hydrogen-bond acceptors (Lipinski definition) is 3. The van der Waals surface area contributed by atoms with Crippen LogP contribution in [-0.2, 0) is 6.54 Å². The fourth-order valence-corrected chi connectivity index (χ4v) is 3.31. The molecule has 90 valence electrons. The third kappa shape index (κ3) is 2.26. The Hall–Kier alpha value is -1.39. The lowest BCUT2D eigenvalue weighted by Crippen LogP contribution is -1.99. The molecule has 0 saturated heterocycles. The van der Waals surface area contributed by atoms with E-state index in [0.29, 0.717) is 0 Å². The summed E-state index contributed by atoms with van der Waals surface area (Å²) >= 11 is 5.29. The first-order chi connectivity index (χ1) is 8.84. The van der Waals surface area contributed by atoms with Crippen molar-refractivity contribution in [2.75, 3.05) is 5.32 Å². The number of para-hydroxylation sites is 1. The van der Waals surface area contributed by atoms with E-state index in [9.17, 15) is 0 Å². The molecule has 0 radical (unpaired) electrons. The zero-order valence-electron chi connectivity index (χ0n) is 9.56. The summed E-state index contributed by atoms with van der Waals surface area (Å²) in [5, 5.41) is 6.69. The van der Waals surface area contributed by atoms with Gasteiger partial charge in [0.1, 0.15) is 0 Å². The van der Waals surface area contributed by atoms with E-state index >= 15 is 0 Å². The van der Waals surface area contributed by atoms with E-state index < -0.39 is 0 Å². The van der Waals surface area contributed by atoms with Crippen LogP contribution in [0.15, 0.2) is 52.4 Å². The van der Waals surface area contributed by atoms with Crippen LogP contribution in [-0.4, -0.2) is 4.98 Å². The first kappa shape index (κ1) is 11.7. The lowest BCUT2D eigenvalue weighted by atomic mass is 10.2. The molecular weight excluding hydrogens is 308 g/mol. The number of benzene rings is 1. The quantitative estimate of drug-likeness (QED) is 0.759. The van der Waals surface area contributed by atoms with Gasteiger partial charge in [-0.15, -0.1) is 11.3 Å². The number of hydrogen-bond donors (Lipinski definition) is 1. The van der Waals surface area contributed by atoms with Crippen LogP contribution in [0.1, 0.15) is 4.88 Å². The molecule has 2 heterocycles. The van der Waals surface area contributed by atoms with Crippen molar-refractivity contribution in [2.24, 2.45) is 0 Å². The van der Waals surface area contributed by atoms with Crippen molar-refractivity contribution in [3.63, 3.8) is 0 Å². The molecule has 2 aromatic heterocycles. The minimum absolute atomic E-state index is 0.813. The summed E-state index contributed by atoms with van der Waals surface area (Å²) in [6.07, 6.45) is 1.83. The molecule has 0 aliphatic rings. The van der Waals surface area contributed by atoms with E-state index in [2.05, 4.69) is 61.9 Å². The molecule has 0 fully saturated rings. The van der Waals surface area contributed by atoms with E-state index in [1.54, 1.807) is 11.3 Å². The number of anilines is 1. The minimum Gasteiger partial charge on any atom is -0.378 e. The highest BCUT2D eigenvalue weighted by atomic mass is 79.9. The van der Waals surface area contributed by atoms with Crippen molar-refractivity contribution in [2.45, 2.75) is 6.54 Å². The lowest BCUT2D eigenvalue weighted by molar-refractivity contribution is 1.18. The van der Waals surface area contributed by atoms with E-state index in [0.717, 1.165) is 27.6 Å². The molecule has 0 aliphatic heterocycles. The molecule has 0 bridgehead atoms. The van der Waals surface area contributed by atoms with Gasteiger partial charge in [-0.05, 0) is 39.5 Å². The summed E-state index contributed by atoms with van der Waals surface area (Å²) in [6, 6.07) is 12.3. The smallest absolute Gasteiger partial charge is 0.0933 e. The van der Waals surface area contributed by atoms with Gasteiger partial charge in [0, 0.05) is 20.9 Å². The van der Waals surface area contributed by atoms with Gasteiger partial charge in [0.15, 0.2) is 0 Å². The van der Waals surface area contributed by atoms with Gasteiger partial charge in [-0.25, -0.2) is 0 Å². The Balaban J connectivity index is 1.89. The minimum atomic E-state index is 0.813. The summed E-state index contributed by atoms with van der Waals surface area (Å²) in [7, 11) is 0. The Morgan fingerprint density at radius 3 is 2.89 bits per heavy atom. The molecule has 0 unspecified atom stereocenters. The topological polar surface area (TPSA) is 24.9 Å². The van der Waals surface area contributed by atoms with Crippen LogP contribution < -0.4 is 5.32 Å². The first-order valence-electron chi connectivity index (χ1n) is 5.64. The van der Waals surface area contributed by atoms with Crippen LogP contribution >= 0.6 is 27.3 Å². The number of pyridine rings is 1. The lowest BCUT2D eigenvalue weighted by Gasteiger charge is -2.08. The predicted molar refractivity (Wildman–Crippen MR) is 81.1 cm³/mol. The van der Waals surface area contributed by atoms with Crippen LogP contribution in [0.3, 0.4) is 0 Å². The fourth-order valence-electron chi connectivity index (χ4n) is 1.87. The summed E-state index contributed by atoms with van der Waals surface area (Å²) < 4.78 is 1.16. The molecule has 1 aromatic carbocycles. The fraction of sp³-hybridized carbons (Fsp3) is 0.0714. The van der Waals surface area contributed by atoms with Crippen molar-refractivity contribution in [1.82, 2.24) is 4.98 Å². The largest absolute Gasteiger partial charge is 0.378 e. The zero-order chi connectivity index (χ0) is 12.4. The molecule has 0 atom stereocenters. The highest BCUT2D eigenvalue weighted by Crippen LogP contribution is 2.25. The molecule has 4 heteroatoms. The third-order valence-electron chi connectivity index (χ3n) is 2.76. The van der Waals surface area contributed by atoms with Gasteiger partial charge < -0.3 is 5.32 Å². The number of rotatable bonds is 3. The van der Waals surface area contributed by atoms with Crippen molar-refractivity contribution in [1.29, 1.82) is 0 Å². The molecule has 0 amide bonds. The number of nitrogens with one attached hydrogen (secondary N) is 1.